The molecule has 0 N–H and O–H groups in total. The Bertz CT molecular complexity index is 554. The highest BCUT2D eigenvalue weighted by molar-refractivity contribution is 8.01. The maximum absolute atomic E-state index is 9.20. The van der Waals surface area contributed by atoms with Crippen molar-refractivity contribution < 1.29 is 0 Å². The summed E-state index contributed by atoms with van der Waals surface area (Å²) in [7, 11) is 0. The van der Waals surface area contributed by atoms with Gasteiger partial charge in [0, 0.05) is 0 Å². The largest absolute Gasteiger partial charge is 0.197 e. The lowest BCUT2D eigenvalue weighted by atomic mass is 10.1. The zero-order valence-electron chi connectivity index (χ0n) is 10.3. The van der Waals surface area contributed by atoms with Crippen LogP contribution in [0.3, 0.4) is 0 Å². The van der Waals surface area contributed by atoms with Gasteiger partial charge in [0.2, 0.25) is 0 Å². The first-order chi connectivity index (χ1) is 8.67. The van der Waals surface area contributed by atoms with Gasteiger partial charge in [-0.3, -0.25) is 0 Å². The number of rotatable bonds is 4. The summed E-state index contributed by atoms with van der Waals surface area (Å²) in [5, 5.41) is 18.0. The Hall–Kier alpha value is -1.38. The van der Waals surface area contributed by atoms with Crippen LogP contribution in [0.25, 0.3) is 0 Å². The lowest BCUT2D eigenvalue weighted by Crippen LogP contribution is -2.03. The van der Waals surface area contributed by atoms with E-state index in [1.165, 1.54) is 34.2 Å². The Balaban J connectivity index is 2.02. The predicted molar refractivity (Wildman–Crippen MR) is 74.8 cm³/mol. The summed E-state index contributed by atoms with van der Waals surface area (Å²) >= 11 is 3.03. The van der Waals surface area contributed by atoms with E-state index in [0.717, 1.165) is 15.8 Å². The van der Waals surface area contributed by atoms with Gasteiger partial charge in [-0.25, -0.2) is 0 Å². The number of nitrogens with zero attached hydrogens (tertiary/aromatic N) is 3. The SMILES string of the molecule is Cc1ccc(CC(C#N)Sc2nnc(C)s2)cc1. The molecule has 1 aromatic carbocycles. The minimum atomic E-state index is -0.111. The van der Waals surface area contributed by atoms with Gasteiger partial charge in [-0.15, -0.1) is 10.2 Å². The van der Waals surface area contributed by atoms with E-state index in [0.29, 0.717) is 0 Å². The third-order valence-corrected chi connectivity index (χ3v) is 4.45. The summed E-state index contributed by atoms with van der Waals surface area (Å²) < 4.78 is 0.867. The van der Waals surface area contributed by atoms with Crippen molar-refractivity contribution in [3.05, 3.63) is 40.4 Å². The summed E-state index contributed by atoms with van der Waals surface area (Å²) in [6.07, 6.45) is 0.736. The molecule has 1 unspecified atom stereocenters. The van der Waals surface area contributed by atoms with Crippen molar-refractivity contribution in [1.29, 1.82) is 5.26 Å². The quantitative estimate of drug-likeness (QED) is 0.803. The summed E-state index contributed by atoms with van der Waals surface area (Å²) in [6, 6.07) is 10.6. The number of hydrogen-bond acceptors (Lipinski definition) is 5. The van der Waals surface area contributed by atoms with Gasteiger partial charge in [0.15, 0.2) is 4.34 Å². The second-order valence-corrected chi connectivity index (χ2v) is 6.64. The number of aryl methyl sites for hydroxylation is 2. The molecule has 2 rings (SSSR count). The molecule has 1 heterocycles. The molecule has 5 heteroatoms. The maximum Gasteiger partial charge on any atom is 0.175 e. The van der Waals surface area contributed by atoms with Crippen molar-refractivity contribution >= 4 is 23.1 Å². The molecular formula is C13H13N3S2. The predicted octanol–water partition coefficient (Wildman–Crippen LogP) is 3.38. The summed E-state index contributed by atoms with van der Waals surface area (Å²) in [4.78, 5) is 0. The van der Waals surface area contributed by atoms with Gasteiger partial charge in [0.05, 0.1) is 6.07 Å². The molecule has 0 spiro atoms. The van der Waals surface area contributed by atoms with Crippen LogP contribution in [-0.4, -0.2) is 15.4 Å². The van der Waals surface area contributed by atoms with Gasteiger partial charge in [-0.2, -0.15) is 5.26 Å². The molecule has 3 nitrogen and oxygen atoms in total. The van der Waals surface area contributed by atoms with Crippen LogP contribution in [-0.2, 0) is 6.42 Å². The molecule has 2 aromatic rings. The van der Waals surface area contributed by atoms with Crippen LogP contribution in [0.15, 0.2) is 28.6 Å². The van der Waals surface area contributed by atoms with Crippen LogP contribution in [0.2, 0.25) is 0 Å². The van der Waals surface area contributed by atoms with E-state index in [2.05, 4.69) is 47.5 Å². The van der Waals surface area contributed by atoms with Crippen LogP contribution in [0, 0.1) is 25.2 Å². The minimum absolute atomic E-state index is 0.111. The van der Waals surface area contributed by atoms with Crippen LogP contribution >= 0.6 is 23.1 Å². The van der Waals surface area contributed by atoms with Crippen molar-refractivity contribution in [1.82, 2.24) is 10.2 Å². The van der Waals surface area contributed by atoms with Crippen molar-refractivity contribution in [3.63, 3.8) is 0 Å². The van der Waals surface area contributed by atoms with Crippen molar-refractivity contribution in [2.24, 2.45) is 0 Å². The number of hydrogen-bond donors (Lipinski definition) is 0. The highest BCUT2D eigenvalue weighted by Gasteiger charge is 2.13. The Morgan fingerprint density at radius 1 is 1.28 bits per heavy atom. The Labute approximate surface area is 115 Å². The van der Waals surface area contributed by atoms with E-state index >= 15 is 0 Å². The lowest BCUT2D eigenvalue weighted by molar-refractivity contribution is 0.971. The van der Waals surface area contributed by atoms with Gasteiger partial charge in [0.25, 0.3) is 0 Å². The van der Waals surface area contributed by atoms with Gasteiger partial charge in [-0.1, -0.05) is 52.9 Å². The molecule has 0 aliphatic carbocycles. The van der Waals surface area contributed by atoms with Gasteiger partial charge >= 0.3 is 0 Å². The topological polar surface area (TPSA) is 49.6 Å². The van der Waals surface area contributed by atoms with E-state index in [1.807, 2.05) is 6.92 Å². The van der Waals surface area contributed by atoms with Crippen LogP contribution < -0.4 is 0 Å². The van der Waals surface area contributed by atoms with Crippen LogP contribution in [0.1, 0.15) is 16.1 Å². The zero-order valence-corrected chi connectivity index (χ0v) is 11.9. The summed E-state index contributed by atoms with van der Waals surface area (Å²) in [5.74, 6) is 0. The van der Waals surface area contributed by atoms with Crippen LogP contribution in [0.4, 0.5) is 0 Å². The smallest absolute Gasteiger partial charge is 0.175 e. The summed E-state index contributed by atoms with van der Waals surface area (Å²) in [5.41, 5.74) is 2.42. The van der Waals surface area contributed by atoms with Gasteiger partial charge in [0.1, 0.15) is 10.3 Å². The minimum Gasteiger partial charge on any atom is -0.197 e. The van der Waals surface area contributed by atoms with Crippen molar-refractivity contribution in [2.45, 2.75) is 29.9 Å². The number of nitriles is 1. The normalized spacial score (nSPS) is 12.1. The summed E-state index contributed by atoms with van der Waals surface area (Å²) in [6.45, 7) is 3.98. The van der Waals surface area contributed by atoms with Gasteiger partial charge < -0.3 is 0 Å². The molecule has 1 aromatic heterocycles. The fourth-order valence-electron chi connectivity index (χ4n) is 1.50. The number of aromatic nitrogens is 2. The molecule has 1 atom stereocenters. The highest BCUT2D eigenvalue weighted by Crippen LogP contribution is 2.28. The molecule has 0 radical (unpaired) electrons. The third kappa shape index (κ3) is 3.56. The second kappa shape index (κ2) is 5.98. The molecule has 0 bridgehead atoms. The fraction of sp³-hybridized carbons (Fsp3) is 0.308. The Kier molecular flexibility index (Phi) is 4.34. The molecule has 0 aliphatic rings. The monoisotopic (exact) mass is 275 g/mol. The van der Waals surface area contributed by atoms with E-state index in [4.69, 9.17) is 0 Å². The Morgan fingerprint density at radius 3 is 2.56 bits per heavy atom. The standard InChI is InChI=1S/C13H13N3S2/c1-9-3-5-11(6-4-9)7-12(8-14)18-13-16-15-10(2)17-13/h3-6,12H,7H2,1-2H3. The first-order valence-corrected chi connectivity index (χ1v) is 7.29. The van der Waals surface area contributed by atoms with E-state index in [-0.39, 0.29) is 5.25 Å². The van der Waals surface area contributed by atoms with Crippen molar-refractivity contribution in [2.75, 3.05) is 0 Å². The average Bonchev–Trinajstić information content (AvgIpc) is 2.77. The first kappa shape index (κ1) is 13.1. The molecule has 0 amide bonds. The van der Waals surface area contributed by atoms with E-state index in [1.54, 1.807) is 0 Å². The third-order valence-electron chi connectivity index (χ3n) is 2.44. The van der Waals surface area contributed by atoms with Crippen LogP contribution in [0.5, 0.6) is 0 Å². The van der Waals surface area contributed by atoms with Gasteiger partial charge in [-0.05, 0) is 25.8 Å². The molecule has 0 aliphatic heterocycles. The molecule has 18 heavy (non-hydrogen) atoms. The molecule has 0 saturated carbocycles. The lowest BCUT2D eigenvalue weighted by Gasteiger charge is -2.06. The number of benzene rings is 1. The highest BCUT2D eigenvalue weighted by atomic mass is 32.2. The molecule has 92 valence electrons. The zero-order chi connectivity index (χ0) is 13.0. The van der Waals surface area contributed by atoms with Crippen molar-refractivity contribution in [3.8, 4) is 6.07 Å². The van der Waals surface area contributed by atoms with E-state index < -0.39 is 0 Å². The average molecular weight is 275 g/mol. The Morgan fingerprint density at radius 2 is 2.00 bits per heavy atom. The molecular weight excluding hydrogens is 262 g/mol. The number of thioether (sulfide) groups is 1. The fourth-order valence-corrected chi connectivity index (χ4v) is 3.48. The maximum atomic E-state index is 9.20. The first-order valence-electron chi connectivity index (χ1n) is 5.59. The van der Waals surface area contributed by atoms with E-state index in [9.17, 15) is 5.26 Å². The second-order valence-electron chi connectivity index (χ2n) is 4.01. The molecule has 0 saturated heterocycles. The molecule has 0 fully saturated rings.